The molecule has 1 aromatic heterocycles. The van der Waals surface area contributed by atoms with Crippen molar-refractivity contribution in [1.29, 1.82) is 0 Å². The van der Waals surface area contributed by atoms with Crippen LogP contribution in [0.15, 0.2) is 35.1 Å². The van der Waals surface area contributed by atoms with Crippen molar-refractivity contribution in [2.24, 2.45) is 13.0 Å². The highest BCUT2D eigenvalue weighted by Gasteiger charge is 2.33. The normalized spacial score (nSPS) is 20.7. The monoisotopic (exact) mass is 450 g/mol. The number of carbonyl (C=O) groups excluding carboxylic acids is 2. The van der Waals surface area contributed by atoms with Crippen LogP contribution < -0.4 is 16.2 Å². The molecule has 0 aliphatic carbocycles. The number of hydrogen-bond donors (Lipinski definition) is 2. The maximum Gasteiger partial charge on any atom is 0.263 e. The number of carbonyl (C=O) groups is 2. The Balaban J connectivity index is 1.36. The van der Waals surface area contributed by atoms with Gasteiger partial charge in [0.2, 0.25) is 0 Å². The number of rotatable bonds is 5. The zero-order valence-corrected chi connectivity index (χ0v) is 19.8. The number of hydrogen-bond acceptors (Lipinski definition) is 4. The summed E-state index contributed by atoms with van der Waals surface area (Å²) in [6.45, 7) is 6.68. The van der Waals surface area contributed by atoms with Gasteiger partial charge in [-0.1, -0.05) is 6.42 Å². The number of nitrogens with zero attached hydrogens (tertiary/aromatic N) is 2. The molecule has 2 aliphatic heterocycles. The second kappa shape index (κ2) is 9.91. The van der Waals surface area contributed by atoms with Crippen LogP contribution in [0.1, 0.15) is 64.1 Å². The standard InChI is InChI=1S/C26H34N4O3/c1-17-15-18(2)29(3)26(33)23(17)25(32)28-21-11-9-19(10-12-21)24(31)27-16-20-7-6-14-30-13-5-4-8-22(20)30/h9-12,15,20,22H,4-8,13-14,16H2,1-3H3,(H,27,31)(H,28,32)/t20-,22-/m1/s1. The molecule has 2 aromatic rings. The van der Waals surface area contributed by atoms with Crippen LogP contribution in [0.5, 0.6) is 0 Å². The molecule has 2 saturated heterocycles. The predicted octanol–water partition coefficient (Wildman–Crippen LogP) is 3.25. The lowest BCUT2D eigenvalue weighted by atomic mass is 9.83. The predicted molar refractivity (Wildman–Crippen MR) is 130 cm³/mol. The summed E-state index contributed by atoms with van der Waals surface area (Å²) in [6, 6.07) is 9.23. The second-order valence-electron chi connectivity index (χ2n) is 9.45. The SMILES string of the molecule is Cc1cc(C)n(C)c(=O)c1C(=O)Nc1ccc(C(=O)NC[C@H]2CCCN3CCCC[C@H]23)cc1. The van der Waals surface area contributed by atoms with Gasteiger partial charge in [0.05, 0.1) is 0 Å². The Morgan fingerprint density at radius 1 is 1.00 bits per heavy atom. The van der Waals surface area contributed by atoms with E-state index in [4.69, 9.17) is 0 Å². The molecule has 2 aliphatic rings. The number of anilines is 1. The van der Waals surface area contributed by atoms with Crippen LogP contribution in [0, 0.1) is 19.8 Å². The van der Waals surface area contributed by atoms with E-state index in [-0.39, 0.29) is 17.0 Å². The quantitative estimate of drug-likeness (QED) is 0.733. The number of pyridine rings is 1. The third-order valence-corrected chi connectivity index (χ3v) is 7.25. The van der Waals surface area contributed by atoms with E-state index < -0.39 is 5.91 Å². The van der Waals surface area contributed by atoms with Crippen molar-refractivity contribution in [3.8, 4) is 0 Å². The molecule has 0 saturated carbocycles. The van der Waals surface area contributed by atoms with Gasteiger partial charge in [0, 0.05) is 36.6 Å². The minimum atomic E-state index is -0.445. The van der Waals surface area contributed by atoms with Crippen molar-refractivity contribution in [3.05, 3.63) is 63.1 Å². The highest BCUT2D eigenvalue weighted by atomic mass is 16.2. The number of nitrogens with one attached hydrogen (secondary N) is 2. The van der Waals surface area contributed by atoms with E-state index in [9.17, 15) is 14.4 Å². The van der Waals surface area contributed by atoms with Gasteiger partial charge in [0.1, 0.15) is 5.56 Å². The zero-order chi connectivity index (χ0) is 23.5. The molecule has 2 atom stereocenters. The summed E-state index contributed by atoms with van der Waals surface area (Å²) in [4.78, 5) is 40.6. The third-order valence-electron chi connectivity index (χ3n) is 7.25. The van der Waals surface area contributed by atoms with Crippen molar-refractivity contribution in [2.45, 2.75) is 52.0 Å². The molecule has 3 heterocycles. The topological polar surface area (TPSA) is 83.4 Å². The van der Waals surface area contributed by atoms with E-state index in [0.29, 0.717) is 35.3 Å². The summed E-state index contributed by atoms with van der Waals surface area (Å²) < 4.78 is 1.47. The first-order chi connectivity index (χ1) is 15.8. The molecule has 2 fully saturated rings. The van der Waals surface area contributed by atoms with Crippen LogP contribution in [0.3, 0.4) is 0 Å². The summed E-state index contributed by atoms with van der Waals surface area (Å²) in [7, 11) is 1.65. The summed E-state index contributed by atoms with van der Waals surface area (Å²) in [6.07, 6.45) is 6.18. The number of fused-ring (bicyclic) bond motifs is 1. The summed E-state index contributed by atoms with van der Waals surface area (Å²) in [5.74, 6) is -0.0226. The Morgan fingerprint density at radius 2 is 1.73 bits per heavy atom. The van der Waals surface area contributed by atoms with Gasteiger partial charge in [-0.3, -0.25) is 14.4 Å². The van der Waals surface area contributed by atoms with Crippen molar-refractivity contribution in [3.63, 3.8) is 0 Å². The fourth-order valence-electron chi connectivity index (χ4n) is 5.29. The van der Waals surface area contributed by atoms with Gasteiger partial charge in [0.25, 0.3) is 17.4 Å². The van der Waals surface area contributed by atoms with Gasteiger partial charge in [-0.25, -0.2) is 0 Å². The minimum absolute atomic E-state index is 0.0935. The number of piperidine rings is 2. The molecule has 176 valence electrons. The molecule has 7 heteroatoms. The van der Waals surface area contributed by atoms with Crippen LogP contribution in [0.4, 0.5) is 5.69 Å². The highest BCUT2D eigenvalue weighted by molar-refractivity contribution is 6.05. The molecule has 2 N–H and O–H groups in total. The lowest BCUT2D eigenvalue weighted by molar-refractivity contribution is 0.0575. The van der Waals surface area contributed by atoms with Crippen molar-refractivity contribution in [1.82, 2.24) is 14.8 Å². The van der Waals surface area contributed by atoms with E-state index in [1.54, 1.807) is 38.2 Å². The van der Waals surface area contributed by atoms with Crippen molar-refractivity contribution >= 4 is 17.5 Å². The van der Waals surface area contributed by atoms with Crippen LogP contribution >= 0.6 is 0 Å². The molecule has 4 rings (SSSR count). The maximum absolute atomic E-state index is 12.7. The van der Waals surface area contributed by atoms with Gasteiger partial charge in [-0.15, -0.1) is 0 Å². The van der Waals surface area contributed by atoms with Gasteiger partial charge < -0.3 is 20.1 Å². The van der Waals surface area contributed by atoms with Crippen LogP contribution in [0.2, 0.25) is 0 Å². The maximum atomic E-state index is 12.7. The van der Waals surface area contributed by atoms with E-state index in [1.807, 2.05) is 13.0 Å². The number of benzene rings is 1. The zero-order valence-electron chi connectivity index (χ0n) is 19.8. The molecular formula is C26H34N4O3. The van der Waals surface area contributed by atoms with Gasteiger partial charge in [-0.2, -0.15) is 0 Å². The van der Waals surface area contributed by atoms with Crippen molar-refractivity contribution in [2.75, 3.05) is 25.0 Å². The second-order valence-corrected chi connectivity index (χ2v) is 9.45. The van der Waals surface area contributed by atoms with Gasteiger partial charge >= 0.3 is 0 Å². The Kier molecular flexibility index (Phi) is 6.98. The van der Waals surface area contributed by atoms with E-state index in [1.165, 1.54) is 49.8 Å². The third kappa shape index (κ3) is 5.03. The number of aryl methyl sites for hydroxylation is 2. The summed E-state index contributed by atoms with van der Waals surface area (Å²) >= 11 is 0. The molecule has 33 heavy (non-hydrogen) atoms. The molecule has 7 nitrogen and oxygen atoms in total. The molecule has 0 radical (unpaired) electrons. The first-order valence-corrected chi connectivity index (χ1v) is 12.0. The van der Waals surface area contributed by atoms with E-state index in [2.05, 4.69) is 15.5 Å². The molecular weight excluding hydrogens is 416 g/mol. The molecule has 2 amide bonds. The smallest absolute Gasteiger partial charge is 0.263 e. The fraction of sp³-hybridized carbons (Fsp3) is 0.500. The van der Waals surface area contributed by atoms with Gasteiger partial charge in [-0.05, 0) is 94.4 Å². The molecule has 0 bridgehead atoms. The molecule has 1 aromatic carbocycles. The van der Waals surface area contributed by atoms with Crippen LogP contribution in [-0.2, 0) is 7.05 Å². The van der Waals surface area contributed by atoms with Crippen LogP contribution in [-0.4, -0.2) is 47.0 Å². The highest BCUT2D eigenvalue weighted by Crippen LogP contribution is 2.30. The Morgan fingerprint density at radius 3 is 2.48 bits per heavy atom. The summed E-state index contributed by atoms with van der Waals surface area (Å²) in [5.41, 5.74) is 2.36. The first kappa shape index (κ1) is 23.2. The number of aromatic nitrogens is 1. The van der Waals surface area contributed by atoms with E-state index >= 15 is 0 Å². The largest absolute Gasteiger partial charge is 0.352 e. The average molecular weight is 451 g/mol. The fourth-order valence-corrected chi connectivity index (χ4v) is 5.29. The Labute approximate surface area is 195 Å². The molecule has 0 unspecified atom stereocenters. The lowest BCUT2D eigenvalue weighted by Gasteiger charge is -2.44. The lowest BCUT2D eigenvalue weighted by Crippen LogP contribution is -2.51. The first-order valence-electron chi connectivity index (χ1n) is 12.0. The van der Waals surface area contributed by atoms with Crippen LogP contribution in [0.25, 0.3) is 0 Å². The van der Waals surface area contributed by atoms with Gasteiger partial charge in [0.15, 0.2) is 0 Å². The Bertz CT molecular complexity index is 1090. The number of amides is 2. The minimum Gasteiger partial charge on any atom is -0.352 e. The van der Waals surface area contributed by atoms with E-state index in [0.717, 1.165) is 5.69 Å². The van der Waals surface area contributed by atoms with Crippen molar-refractivity contribution < 1.29 is 9.59 Å². The Hall–Kier alpha value is -2.93. The molecule has 0 spiro atoms. The summed E-state index contributed by atoms with van der Waals surface area (Å²) in [5, 5.41) is 5.90. The average Bonchev–Trinajstić information content (AvgIpc) is 2.81.